The Hall–Kier alpha value is -3.21. The van der Waals surface area contributed by atoms with Gasteiger partial charge in [0.25, 0.3) is 5.91 Å². The van der Waals surface area contributed by atoms with Gasteiger partial charge in [-0.25, -0.2) is 0 Å². The molecule has 1 amide bonds. The van der Waals surface area contributed by atoms with Crippen molar-refractivity contribution < 1.29 is 19.0 Å². The first-order chi connectivity index (χ1) is 12.6. The van der Waals surface area contributed by atoms with E-state index in [-0.39, 0.29) is 5.91 Å². The Bertz CT molecular complexity index is 923. The van der Waals surface area contributed by atoms with Crippen molar-refractivity contribution in [2.24, 2.45) is 0 Å². The van der Waals surface area contributed by atoms with Gasteiger partial charge >= 0.3 is 0 Å². The summed E-state index contributed by atoms with van der Waals surface area (Å²) in [5.41, 5.74) is 0.613. The summed E-state index contributed by atoms with van der Waals surface area (Å²) in [5.74, 6) is 1.56. The first-order valence-electron chi connectivity index (χ1n) is 8.29. The molecule has 3 aromatic rings. The monoisotopic (exact) mass is 351 g/mol. The molecule has 1 N–H and O–H groups in total. The van der Waals surface area contributed by atoms with Crippen molar-refractivity contribution in [2.45, 2.75) is 13.0 Å². The van der Waals surface area contributed by atoms with Gasteiger partial charge in [0, 0.05) is 11.8 Å². The minimum absolute atomic E-state index is 0.245. The number of hydrogen-bond donors (Lipinski definition) is 1. The lowest BCUT2D eigenvalue weighted by Crippen LogP contribution is -2.30. The number of ether oxygens (including phenoxy) is 3. The molecule has 0 bridgehead atoms. The molecule has 0 aromatic heterocycles. The maximum atomic E-state index is 12.4. The van der Waals surface area contributed by atoms with Crippen LogP contribution in [0.3, 0.4) is 0 Å². The fourth-order valence-corrected chi connectivity index (χ4v) is 2.66. The van der Waals surface area contributed by atoms with Gasteiger partial charge in [0.15, 0.2) is 17.6 Å². The third kappa shape index (κ3) is 3.88. The number of methoxy groups -OCH3 is 2. The van der Waals surface area contributed by atoms with Gasteiger partial charge in [-0.3, -0.25) is 4.79 Å². The van der Waals surface area contributed by atoms with Crippen molar-refractivity contribution in [3.63, 3.8) is 0 Å². The van der Waals surface area contributed by atoms with E-state index < -0.39 is 6.10 Å². The molecule has 0 saturated carbocycles. The molecule has 0 fully saturated rings. The van der Waals surface area contributed by atoms with Crippen LogP contribution >= 0.6 is 0 Å². The molecule has 1 atom stereocenters. The predicted octanol–water partition coefficient (Wildman–Crippen LogP) is 4.26. The molecular formula is C21H21NO4. The van der Waals surface area contributed by atoms with Gasteiger partial charge in [-0.2, -0.15) is 0 Å². The maximum absolute atomic E-state index is 12.4. The van der Waals surface area contributed by atoms with Crippen LogP contribution in [0.1, 0.15) is 6.92 Å². The molecule has 0 heterocycles. The van der Waals surface area contributed by atoms with Crippen molar-refractivity contribution in [2.75, 3.05) is 19.5 Å². The maximum Gasteiger partial charge on any atom is 0.265 e. The van der Waals surface area contributed by atoms with E-state index >= 15 is 0 Å². The number of hydrogen-bond acceptors (Lipinski definition) is 4. The highest BCUT2D eigenvalue weighted by Crippen LogP contribution is 2.30. The summed E-state index contributed by atoms with van der Waals surface area (Å²) in [7, 11) is 3.12. The Morgan fingerprint density at radius 2 is 1.62 bits per heavy atom. The summed E-state index contributed by atoms with van der Waals surface area (Å²) >= 11 is 0. The molecule has 26 heavy (non-hydrogen) atoms. The lowest BCUT2D eigenvalue weighted by Gasteiger charge is -2.16. The van der Waals surface area contributed by atoms with Crippen LogP contribution in [-0.4, -0.2) is 26.2 Å². The Kier molecular flexibility index (Phi) is 5.27. The molecule has 0 radical (unpaired) electrons. The molecule has 134 valence electrons. The molecule has 5 heteroatoms. The van der Waals surface area contributed by atoms with Crippen LogP contribution in [0.2, 0.25) is 0 Å². The number of carbonyl (C=O) groups is 1. The van der Waals surface area contributed by atoms with Gasteiger partial charge in [-0.15, -0.1) is 0 Å². The lowest BCUT2D eigenvalue weighted by molar-refractivity contribution is -0.122. The molecular weight excluding hydrogens is 330 g/mol. The molecule has 0 saturated heterocycles. The summed E-state index contributed by atoms with van der Waals surface area (Å²) in [6.07, 6.45) is -0.649. The highest BCUT2D eigenvalue weighted by atomic mass is 16.5. The SMILES string of the molecule is COc1ccc(NC(=O)C(C)Oc2ccc3ccccc3c2)cc1OC. The molecule has 0 aliphatic carbocycles. The quantitative estimate of drug-likeness (QED) is 0.721. The molecule has 3 aromatic carbocycles. The average molecular weight is 351 g/mol. The Labute approximate surface area is 152 Å². The number of carbonyl (C=O) groups excluding carboxylic acids is 1. The topological polar surface area (TPSA) is 56.8 Å². The Balaban J connectivity index is 1.69. The average Bonchev–Trinajstić information content (AvgIpc) is 2.67. The van der Waals surface area contributed by atoms with Crippen LogP contribution in [0.15, 0.2) is 60.7 Å². The third-order valence-corrected chi connectivity index (χ3v) is 4.05. The fourth-order valence-electron chi connectivity index (χ4n) is 2.66. The highest BCUT2D eigenvalue weighted by molar-refractivity contribution is 5.94. The Morgan fingerprint density at radius 1 is 0.885 bits per heavy atom. The highest BCUT2D eigenvalue weighted by Gasteiger charge is 2.16. The predicted molar refractivity (Wildman–Crippen MR) is 102 cm³/mol. The summed E-state index contributed by atoms with van der Waals surface area (Å²) in [4.78, 5) is 12.4. The van der Waals surface area contributed by atoms with Gasteiger partial charge in [0.2, 0.25) is 0 Å². The minimum Gasteiger partial charge on any atom is -0.493 e. The summed E-state index contributed by atoms with van der Waals surface area (Å²) in [6, 6.07) is 19.0. The number of anilines is 1. The summed E-state index contributed by atoms with van der Waals surface area (Å²) in [6.45, 7) is 1.71. The second kappa shape index (κ2) is 7.78. The van der Waals surface area contributed by atoms with E-state index in [4.69, 9.17) is 14.2 Å². The van der Waals surface area contributed by atoms with Crippen LogP contribution in [0.5, 0.6) is 17.2 Å². The number of amides is 1. The van der Waals surface area contributed by atoms with Crippen molar-refractivity contribution in [1.82, 2.24) is 0 Å². The van der Waals surface area contributed by atoms with E-state index in [0.717, 1.165) is 10.8 Å². The number of rotatable bonds is 6. The smallest absolute Gasteiger partial charge is 0.265 e. The molecule has 1 unspecified atom stereocenters. The Morgan fingerprint density at radius 3 is 2.35 bits per heavy atom. The van der Waals surface area contributed by atoms with Crippen molar-refractivity contribution in [1.29, 1.82) is 0 Å². The molecule has 0 aliphatic rings. The normalized spacial score (nSPS) is 11.7. The van der Waals surface area contributed by atoms with E-state index in [1.807, 2.05) is 42.5 Å². The van der Waals surface area contributed by atoms with Crippen LogP contribution in [0.25, 0.3) is 10.8 Å². The summed E-state index contributed by atoms with van der Waals surface area (Å²) < 4.78 is 16.2. The fraction of sp³-hybridized carbons (Fsp3) is 0.190. The number of benzene rings is 3. The van der Waals surface area contributed by atoms with Gasteiger partial charge in [0.1, 0.15) is 5.75 Å². The molecule has 0 aliphatic heterocycles. The molecule has 0 spiro atoms. The first-order valence-corrected chi connectivity index (χ1v) is 8.29. The van der Waals surface area contributed by atoms with Crippen molar-refractivity contribution in [3.8, 4) is 17.2 Å². The van der Waals surface area contributed by atoms with Gasteiger partial charge in [0.05, 0.1) is 14.2 Å². The van der Waals surface area contributed by atoms with E-state index in [0.29, 0.717) is 22.9 Å². The molecule has 3 rings (SSSR count). The zero-order chi connectivity index (χ0) is 18.5. The second-order valence-electron chi connectivity index (χ2n) is 5.83. The standard InChI is InChI=1S/C21H21NO4/c1-14(26-18-10-8-15-6-4-5-7-16(15)12-18)21(23)22-17-9-11-19(24-2)20(13-17)25-3/h4-14H,1-3H3,(H,22,23). The van der Waals surface area contributed by atoms with Gasteiger partial charge in [-0.1, -0.05) is 30.3 Å². The van der Waals surface area contributed by atoms with Crippen LogP contribution in [0, 0.1) is 0 Å². The van der Waals surface area contributed by atoms with Crippen LogP contribution in [-0.2, 0) is 4.79 Å². The number of nitrogens with one attached hydrogen (secondary N) is 1. The number of fused-ring (bicyclic) bond motifs is 1. The van der Waals surface area contributed by atoms with Gasteiger partial charge in [-0.05, 0) is 42.0 Å². The largest absolute Gasteiger partial charge is 0.493 e. The first kappa shape index (κ1) is 17.6. The van der Waals surface area contributed by atoms with E-state index in [2.05, 4.69) is 5.32 Å². The molecule has 5 nitrogen and oxygen atoms in total. The van der Waals surface area contributed by atoms with Crippen LogP contribution in [0.4, 0.5) is 5.69 Å². The second-order valence-corrected chi connectivity index (χ2v) is 5.83. The van der Waals surface area contributed by atoms with Crippen LogP contribution < -0.4 is 19.5 Å². The van der Waals surface area contributed by atoms with Crippen molar-refractivity contribution >= 4 is 22.4 Å². The third-order valence-electron chi connectivity index (χ3n) is 4.05. The zero-order valence-corrected chi connectivity index (χ0v) is 15.0. The van der Waals surface area contributed by atoms with E-state index in [1.54, 1.807) is 39.3 Å². The van der Waals surface area contributed by atoms with Crippen molar-refractivity contribution in [3.05, 3.63) is 60.7 Å². The lowest BCUT2D eigenvalue weighted by atomic mass is 10.1. The van der Waals surface area contributed by atoms with E-state index in [9.17, 15) is 4.79 Å². The minimum atomic E-state index is -0.649. The van der Waals surface area contributed by atoms with E-state index in [1.165, 1.54) is 0 Å². The van der Waals surface area contributed by atoms with Gasteiger partial charge < -0.3 is 19.5 Å². The zero-order valence-electron chi connectivity index (χ0n) is 15.0. The summed E-state index contributed by atoms with van der Waals surface area (Å²) in [5, 5.41) is 5.02.